The van der Waals surface area contributed by atoms with Crippen molar-refractivity contribution in [1.82, 2.24) is 10.3 Å². The van der Waals surface area contributed by atoms with Crippen LogP contribution in [0.2, 0.25) is 0 Å². The maximum absolute atomic E-state index is 13.0. The first-order valence-corrected chi connectivity index (χ1v) is 13.7. The fourth-order valence-corrected chi connectivity index (χ4v) is 4.35. The highest BCUT2D eigenvalue weighted by Crippen LogP contribution is 2.33. The highest BCUT2D eigenvalue weighted by atomic mass is 19.4. The van der Waals surface area contributed by atoms with Crippen molar-refractivity contribution in [3.63, 3.8) is 0 Å². The van der Waals surface area contributed by atoms with Crippen molar-refractivity contribution in [2.45, 2.75) is 44.9 Å². The average molecular weight is 591 g/mol. The van der Waals surface area contributed by atoms with Gasteiger partial charge in [0.15, 0.2) is 6.10 Å². The van der Waals surface area contributed by atoms with Crippen LogP contribution >= 0.6 is 0 Å². The van der Waals surface area contributed by atoms with Gasteiger partial charge in [0, 0.05) is 29.4 Å². The van der Waals surface area contributed by atoms with Crippen molar-refractivity contribution in [1.29, 1.82) is 0 Å². The van der Waals surface area contributed by atoms with Crippen molar-refractivity contribution < 1.29 is 32.2 Å². The van der Waals surface area contributed by atoms with Crippen LogP contribution in [0.3, 0.4) is 0 Å². The topological polar surface area (TPSA) is 77.5 Å². The molecule has 0 aliphatic rings. The van der Waals surface area contributed by atoms with Gasteiger partial charge in [0.25, 0.3) is 5.91 Å². The van der Waals surface area contributed by atoms with Gasteiger partial charge in [0.1, 0.15) is 5.75 Å². The number of carbonyl (C=O) groups is 2. The standard InChI is InChI=1S/C34H33F3N2O4/c1-33(2,3)26-12-7-23(8-13-26)31(43-28-16-9-24(10-17-28)32(41)38-20-19-30(40)42-4)25-11-18-29(39-21-25)22-5-14-27(15-6-22)34(35,36)37/h5-18,21,31H,19-20H2,1-4H3,(H,38,41)/t31-/m1/s1. The Balaban J connectivity index is 1.57. The lowest BCUT2D eigenvalue weighted by Gasteiger charge is -2.23. The van der Waals surface area contributed by atoms with Gasteiger partial charge in [0.2, 0.25) is 0 Å². The van der Waals surface area contributed by atoms with E-state index >= 15 is 0 Å². The van der Waals surface area contributed by atoms with Gasteiger partial charge in [-0.25, -0.2) is 0 Å². The van der Waals surface area contributed by atoms with Gasteiger partial charge in [-0.05, 0) is 59.0 Å². The van der Waals surface area contributed by atoms with Crippen LogP contribution in [0.15, 0.2) is 91.1 Å². The summed E-state index contributed by atoms with van der Waals surface area (Å²) >= 11 is 0. The number of rotatable bonds is 9. The minimum atomic E-state index is -4.41. The number of aromatic nitrogens is 1. The molecule has 4 rings (SSSR count). The Morgan fingerprint density at radius 1 is 0.814 bits per heavy atom. The van der Waals surface area contributed by atoms with Gasteiger partial charge in [0.05, 0.1) is 24.8 Å². The van der Waals surface area contributed by atoms with E-state index in [4.69, 9.17) is 4.74 Å². The number of carbonyl (C=O) groups excluding carboxylic acids is 2. The normalized spacial score (nSPS) is 12.3. The van der Waals surface area contributed by atoms with Gasteiger partial charge in [-0.1, -0.05) is 63.2 Å². The summed E-state index contributed by atoms with van der Waals surface area (Å²) in [7, 11) is 1.29. The van der Waals surface area contributed by atoms with Crippen LogP contribution in [0.1, 0.15) is 65.9 Å². The first-order chi connectivity index (χ1) is 20.3. The third-order valence-electron chi connectivity index (χ3n) is 6.89. The van der Waals surface area contributed by atoms with E-state index in [1.165, 1.54) is 19.2 Å². The molecule has 0 unspecified atom stereocenters. The zero-order valence-corrected chi connectivity index (χ0v) is 24.4. The molecule has 0 saturated heterocycles. The fourth-order valence-electron chi connectivity index (χ4n) is 4.35. The number of hydrogen-bond acceptors (Lipinski definition) is 5. The molecule has 0 aliphatic heterocycles. The molecular formula is C34H33F3N2O4. The average Bonchev–Trinajstić information content (AvgIpc) is 2.99. The molecule has 0 spiro atoms. The molecule has 4 aromatic rings. The summed E-state index contributed by atoms with van der Waals surface area (Å²) in [6.45, 7) is 6.55. The number of pyridine rings is 1. The summed E-state index contributed by atoms with van der Waals surface area (Å²) in [5.41, 5.74) is 3.52. The Hall–Kier alpha value is -4.66. The molecule has 1 aromatic heterocycles. The number of ether oxygens (including phenoxy) is 2. The molecule has 6 nitrogen and oxygen atoms in total. The van der Waals surface area contributed by atoms with Crippen LogP contribution in [0.4, 0.5) is 13.2 Å². The number of methoxy groups -OCH3 is 1. The van der Waals surface area contributed by atoms with Crippen LogP contribution in [0.5, 0.6) is 5.75 Å². The fraction of sp³-hybridized carbons (Fsp3) is 0.265. The predicted molar refractivity (Wildman–Crippen MR) is 158 cm³/mol. The second-order valence-electron chi connectivity index (χ2n) is 11.0. The van der Waals surface area contributed by atoms with Crippen molar-refractivity contribution in [3.8, 4) is 17.0 Å². The second kappa shape index (κ2) is 13.1. The molecule has 1 amide bonds. The lowest BCUT2D eigenvalue weighted by atomic mass is 9.86. The number of nitrogens with one attached hydrogen (secondary N) is 1. The number of amides is 1. The molecule has 3 aromatic carbocycles. The van der Waals surface area contributed by atoms with Crippen molar-refractivity contribution >= 4 is 11.9 Å². The Kier molecular flexibility index (Phi) is 9.53. The maximum Gasteiger partial charge on any atom is 0.416 e. The largest absolute Gasteiger partial charge is 0.481 e. The Morgan fingerprint density at radius 3 is 1.95 bits per heavy atom. The predicted octanol–water partition coefficient (Wildman–Crippen LogP) is 7.53. The summed E-state index contributed by atoms with van der Waals surface area (Å²) in [5, 5.41) is 2.68. The van der Waals surface area contributed by atoms with Gasteiger partial charge in [-0.15, -0.1) is 0 Å². The molecule has 0 aliphatic carbocycles. The maximum atomic E-state index is 13.0. The van der Waals surface area contributed by atoms with Gasteiger partial charge >= 0.3 is 12.1 Å². The van der Waals surface area contributed by atoms with E-state index in [0.717, 1.165) is 28.8 Å². The molecule has 1 atom stereocenters. The Labute approximate surface area is 248 Å². The van der Waals surface area contributed by atoms with Gasteiger partial charge in [-0.3, -0.25) is 14.6 Å². The highest BCUT2D eigenvalue weighted by molar-refractivity contribution is 5.94. The monoisotopic (exact) mass is 590 g/mol. The molecule has 9 heteroatoms. The molecule has 1 heterocycles. The summed E-state index contributed by atoms with van der Waals surface area (Å²) in [6, 6.07) is 23.2. The summed E-state index contributed by atoms with van der Waals surface area (Å²) in [6.07, 6.45) is -3.23. The zero-order chi connectivity index (χ0) is 31.2. The van der Waals surface area contributed by atoms with Crippen LogP contribution < -0.4 is 10.1 Å². The highest BCUT2D eigenvalue weighted by Gasteiger charge is 2.30. The summed E-state index contributed by atoms with van der Waals surface area (Å²) in [4.78, 5) is 28.3. The van der Waals surface area contributed by atoms with Gasteiger partial charge < -0.3 is 14.8 Å². The molecule has 0 saturated carbocycles. The molecule has 0 radical (unpaired) electrons. The van der Waals surface area contributed by atoms with Crippen molar-refractivity contribution in [2.75, 3.05) is 13.7 Å². The van der Waals surface area contributed by atoms with Crippen molar-refractivity contribution in [2.24, 2.45) is 0 Å². The van der Waals surface area contributed by atoms with Crippen LogP contribution in [-0.2, 0) is 21.1 Å². The quantitative estimate of drug-likeness (QED) is 0.204. The molecular weight excluding hydrogens is 557 g/mol. The van der Waals surface area contributed by atoms with Crippen LogP contribution in [0.25, 0.3) is 11.3 Å². The van der Waals surface area contributed by atoms with E-state index in [-0.39, 0.29) is 24.3 Å². The Bertz CT molecular complexity index is 1530. The summed E-state index contributed by atoms with van der Waals surface area (Å²) < 4.78 is 49.9. The van der Waals surface area contributed by atoms with E-state index in [0.29, 0.717) is 22.6 Å². The molecule has 0 fully saturated rings. The van der Waals surface area contributed by atoms with E-state index in [1.54, 1.807) is 36.5 Å². The van der Waals surface area contributed by atoms with E-state index in [1.807, 2.05) is 18.2 Å². The van der Waals surface area contributed by atoms with Gasteiger partial charge in [-0.2, -0.15) is 13.2 Å². The molecule has 224 valence electrons. The third-order valence-corrected chi connectivity index (χ3v) is 6.89. The van der Waals surface area contributed by atoms with E-state index in [9.17, 15) is 22.8 Å². The number of nitrogens with zero attached hydrogens (tertiary/aromatic N) is 1. The number of halogens is 3. The number of benzene rings is 3. The lowest BCUT2D eigenvalue weighted by molar-refractivity contribution is -0.140. The first-order valence-electron chi connectivity index (χ1n) is 13.7. The number of esters is 1. The second-order valence-corrected chi connectivity index (χ2v) is 11.0. The van der Waals surface area contributed by atoms with Crippen LogP contribution in [0, 0.1) is 0 Å². The minimum absolute atomic E-state index is 0.0347. The third kappa shape index (κ3) is 8.22. The summed E-state index contributed by atoms with van der Waals surface area (Å²) in [5.74, 6) is -0.219. The number of alkyl halides is 3. The molecule has 0 bridgehead atoms. The van der Waals surface area contributed by atoms with E-state index < -0.39 is 23.8 Å². The smallest absolute Gasteiger partial charge is 0.416 e. The molecule has 43 heavy (non-hydrogen) atoms. The first kappa shape index (κ1) is 31.3. The number of hydrogen-bond donors (Lipinski definition) is 1. The SMILES string of the molecule is COC(=O)CCNC(=O)c1ccc(O[C@H](c2ccc(C(C)(C)C)cc2)c2ccc(-c3ccc(C(F)(F)F)cc3)nc2)cc1. The Morgan fingerprint density at radius 2 is 1.42 bits per heavy atom. The van der Waals surface area contributed by atoms with Crippen molar-refractivity contribution in [3.05, 3.63) is 119 Å². The zero-order valence-electron chi connectivity index (χ0n) is 24.4. The minimum Gasteiger partial charge on any atom is -0.481 e. The van der Waals surface area contributed by atoms with E-state index in [2.05, 4.69) is 47.9 Å². The van der Waals surface area contributed by atoms with Crippen LogP contribution in [-0.4, -0.2) is 30.5 Å². The lowest BCUT2D eigenvalue weighted by Crippen LogP contribution is -2.26. The molecule has 1 N–H and O–H groups in total.